The maximum absolute atomic E-state index is 12.6. The summed E-state index contributed by atoms with van der Waals surface area (Å²) in [4.78, 5) is 21.9. The number of nitrogens with one attached hydrogen (secondary N) is 1. The summed E-state index contributed by atoms with van der Waals surface area (Å²) in [7, 11) is 0. The van der Waals surface area contributed by atoms with Gasteiger partial charge in [0.15, 0.2) is 0 Å². The molecule has 1 atom stereocenters. The summed E-state index contributed by atoms with van der Waals surface area (Å²) < 4.78 is 0. The molecule has 5 nitrogen and oxygen atoms in total. The van der Waals surface area contributed by atoms with Crippen LogP contribution >= 0.6 is 0 Å². The Bertz CT molecular complexity index is 554. The number of carbonyl (C=O) groups excluding carboxylic acids is 1. The molecule has 0 aromatic carbocycles. The van der Waals surface area contributed by atoms with E-state index in [4.69, 9.17) is 0 Å². The van der Waals surface area contributed by atoms with E-state index in [1.807, 2.05) is 18.3 Å². The lowest BCUT2D eigenvalue weighted by atomic mass is 9.93. The van der Waals surface area contributed by atoms with Crippen LogP contribution in [0.25, 0.3) is 0 Å². The first kappa shape index (κ1) is 19.3. The van der Waals surface area contributed by atoms with Crippen LogP contribution in [0.5, 0.6) is 0 Å². The van der Waals surface area contributed by atoms with Gasteiger partial charge in [-0.2, -0.15) is 0 Å². The first-order valence-electron chi connectivity index (χ1n) is 10.2. The first-order valence-corrected chi connectivity index (χ1v) is 10.2. The van der Waals surface area contributed by atoms with Gasteiger partial charge in [-0.15, -0.1) is 0 Å². The Balaban J connectivity index is 1.44. The van der Waals surface area contributed by atoms with Crippen LogP contribution in [-0.4, -0.2) is 59.5 Å². The van der Waals surface area contributed by atoms with Crippen LogP contribution in [-0.2, 0) is 11.3 Å². The highest BCUT2D eigenvalue weighted by Crippen LogP contribution is 2.24. The second kappa shape index (κ2) is 9.47. The van der Waals surface area contributed by atoms with Crippen LogP contribution < -0.4 is 5.32 Å². The second-order valence-electron chi connectivity index (χ2n) is 8.34. The molecule has 0 aliphatic carbocycles. The number of rotatable bonds is 6. The molecule has 5 heteroatoms. The molecule has 26 heavy (non-hydrogen) atoms. The fraction of sp³-hybridized carbons (Fsp3) is 0.714. The summed E-state index contributed by atoms with van der Waals surface area (Å²) in [6.45, 7) is 10.9. The van der Waals surface area contributed by atoms with Crippen LogP contribution in [0.15, 0.2) is 24.5 Å². The zero-order chi connectivity index (χ0) is 18.4. The molecule has 1 unspecified atom stereocenters. The van der Waals surface area contributed by atoms with Crippen molar-refractivity contribution in [2.45, 2.75) is 52.1 Å². The SMILES string of the molecule is CC(C)CN1CCC(N2CCCC(C(=O)NCc3cccnc3)C2)CC1. The summed E-state index contributed by atoms with van der Waals surface area (Å²) in [5, 5.41) is 3.11. The number of carbonyl (C=O) groups is 1. The number of hydrogen-bond donors (Lipinski definition) is 1. The number of likely N-dealkylation sites (tertiary alicyclic amines) is 2. The van der Waals surface area contributed by atoms with Crippen molar-refractivity contribution in [1.29, 1.82) is 0 Å². The molecule has 3 heterocycles. The third-order valence-electron chi connectivity index (χ3n) is 5.71. The molecule has 1 N–H and O–H groups in total. The van der Waals surface area contributed by atoms with Crippen LogP contribution in [0.1, 0.15) is 45.1 Å². The van der Waals surface area contributed by atoms with Crippen molar-refractivity contribution in [1.82, 2.24) is 20.1 Å². The Morgan fingerprint density at radius 3 is 2.77 bits per heavy atom. The predicted molar refractivity (Wildman–Crippen MR) is 105 cm³/mol. The van der Waals surface area contributed by atoms with E-state index in [0.29, 0.717) is 12.6 Å². The van der Waals surface area contributed by atoms with Gasteiger partial charge in [0.2, 0.25) is 5.91 Å². The third-order valence-corrected chi connectivity index (χ3v) is 5.71. The van der Waals surface area contributed by atoms with E-state index in [0.717, 1.165) is 37.4 Å². The number of aromatic nitrogens is 1. The molecule has 2 fully saturated rings. The van der Waals surface area contributed by atoms with Gasteiger partial charge >= 0.3 is 0 Å². The third kappa shape index (κ3) is 5.52. The summed E-state index contributed by atoms with van der Waals surface area (Å²) >= 11 is 0. The van der Waals surface area contributed by atoms with Crippen molar-refractivity contribution in [3.8, 4) is 0 Å². The molecule has 2 aliphatic rings. The fourth-order valence-electron chi connectivity index (χ4n) is 4.37. The molecule has 144 valence electrons. The maximum atomic E-state index is 12.6. The van der Waals surface area contributed by atoms with Gasteiger partial charge in [-0.05, 0) is 62.9 Å². The van der Waals surface area contributed by atoms with Crippen molar-refractivity contribution in [2.24, 2.45) is 11.8 Å². The molecular weight excluding hydrogens is 324 g/mol. The van der Waals surface area contributed by atoms with Gasteiger partial charge < -0.3 is 10.2 Å². The quantitative estimate of drug-likeness (QED) is 0.849. The van der Waals surface area contributed by atoms with Crippen molar-refractivity contribution in [3.05, 3.63) is 30.1 Å². The number of hydrogen-bond acceptors (Lipinski definition) is 4. The van der Waals surface area contributed by atoms with E-state index in [-0.39, 0.29) is 11.8 Å². The number of amides is 1. The molecule has 0 saturated carbocycles. The molecule has 2 aliphatic heterocycles. The van der Waals surface area contributed by atoms with Crippen molar-refractivity contribution in [3.63, 3.8) is 0 Å². The molecule has 1 aromatic rings. The first-order chi connectivity index (χ1) is 12.6. The molecule has 0 bridgehead atoms. The molecule has 0 radical (unpaired) electrons. The van der Waals surface area contributed by atoms with Gasteiger partial charge in [-0.25, -0.2) is 0 Å². The Hall–Kier alpha value is -1.46. The van der Waals surface area contributed by atoms with Gasteiger partial charge in [-0.3, -0.25) is 14.7 Å². The topological polar surface area (TPSA) is 48.5 Å². The van der Waals surface area contributed by atoms with Gasteiger partial charge in [0.05, 0.1) is 5.92 Å². The monoisotopic (exact) mass is 358 g/mol. The zero-order valence-electron chi connectivity index (χ0n) is 16.4. The van der Waals surface area contributed by atoms with Gasteiger partial charge in [0.1, 0.15) is 0 Å². The Labute approximate surface area is 158 Å². The maximum Gasteiger partial charge on any atom is 0.224 e. The Kier molecular flexibility index (Phi) is 7.03. The minimum atomic E-state index is 0.133. The molecule has 1 aromatic heterocycles. The molecule has 3 rings (SSSR count). The van der Waals surface area contributed by atoms with Crippen molar-refractivity contribution >= 4 is 5.91 Å². The van der Waals surface area contributed by atoms with Crippen LogP contribution in [0, 0.1) is 11.8 Å². The van der Waals surface area contributed by atoms with E-state index in [1.165, 1.54) is 32.5 Å². The lowest BCUT2D eigenvalue weighted by Crippen LogP contribution is -2.51. The van der Waals surface area contributed by atoms with Crippen molar-refractivity contribution in [2.75, 3.05) is 32.7 Å². The van der Waals surface area contributed by atoms with Crippen molar-refractivity contribution < 1.29 is 4.79 Å². The summed E-state index contributed by atoms with van der Waals surface area (Å²) in [6.07, 6.45) is 8.22. The van der Waals surface area contributed by atoms with Gasteiger partial charge in [0.25, 0.3) is 0 Å². The summed E-state index contributed by atoms with van der Waals surface area (Å²) in [5.74, 6) is 1.08. The van der Waals surface area contributed by atoms with E-state index in [9.17, 15) is 4.79 Å². The summed E-state index contributed by atoms with van der Waals surface area (Å²) in [5.41, 5.74) is 1.06. The minimum absolute atomic E-state index is 0.133. The average Bonchev–Trinajstić information content (AvgIpc) is 2.67. The Morgan fingerprint density at radius 2 is 2.08 bits per heavy atom. The number of pyridine rings is 1. The van der Waals surface area contributed by atoms with Crippen LogP contribution in [0.3, 0.4) is 0 Å². The summed E-state index contributed by atoms with van der Waals surface area (Å²) in [6, 6.07) is 4.58. The van der Waals surface area contributed by atoms with Gasteiger partial charge in [0, 0.05) is 38.1 Å². The normalized spacial score (nSPS) is 23.3. The lowest BCUT2D eigenvalue weighted by Gasteiger charge is -2.42. The molecule has 1 amide bonds. The molecular formula is C21H34N4O. The Morgan fingerprint density at radius 1 is 1.27 bits per heavy atom. The highest BCUT2D eigenvalue weighted by Gasteiger charge is 2.31. The van der Waals surface area contributed by atoms with Crippen LogP contribution in [0.2, 0.25) is 0 Å². The highest BCUT2D eigenvalue weighted by molar-refractivity contribution is 5.78. The number of piperidine rings is 2. The zero-order valence-corrected chi connectivity index (χ0v) is 16.4. The average molecular weight is 359 g/mol. The van der Waals surface area contributed by atoms with Gasteiger partial charge in [-0.1, -0.05) is 19.9 Å². The van der Waals surface area contributed by atoms with E-state index in [1.54, 1.807) is 6.20 Å². The standard InChI is InChI=1S/C21H34N4O/c1-17(2)15-24-11-7-20(8-12-24)25-10-4-6-19(16-25)21(26)23-14-18-5-3-9-22-13-18/h3,5,9,13,17,19-20H,4,6-8,10-12,14-16H2,1-2H3,(H,23,26). The fourth-order valence-corrected chi connectivity index (χ4v) is 4.37. The van der Waals surface area contributed by atoms with E-state index in [2.05, 4.69) is 33.9 Å². The van der Waals surface area contributed by atoms with E-state index < -0.39 is 0 Å². The minimum Gasteiger partial charge on any atom is -0.352 e. The molecule has 2 saturated heterocycles. The van der Waals surface area contributed by atoms with E-state index >= 15 is 0 Å². The highest BCUT2D eigenvalue weighted by atomic mass is 16.1. The lowest BCUT2D eigenvalue weighted by molar-refractivity contribution is -0.127. The largest absolute Gasteiger partial charge is 0.352 e. The predicted octanol–water partition coefficient (Wildman–Crippen LogP) is 2.53. The second-order valence-corrected chi connectivity index (χ2v) is 8.34. The smallest absolute Gasteiger partial charge is 0.224 e. The number of nitrogens with zero attached hydrogens (tertiary/aromatic N) is 3. The van der Waals surface area contributed by atoms with Crippen LogP contribution in [0.4, 0.5) is 0 Å². The molecule has 0 spiro atoms.